The zero-order valence-electron chi connectivity index (χ0n) is 11.8. The van der Waals surface area contributed by atoms with Crippen molar-refractivity contribution in [2.75, 3.05) is 0 Å². The number of benzene rings is 1. The van der Waals surface area contributed by atoms with Crippen LogP contribution >= 0.6 is 0 Å². The van der Waals surface area contributed by atoms with E-state index in [-0.39, 0.29) is 11.6 Å². The van der Waals surface area contributed by atoms with Crippen LogP contribution in [0.5, 0.6) is 0 Å². The molecule has 0 radical (unpaired) electrons. The first-order valence-electron chi connectivity index (χ1n) is 6.77. The predicted molar refractivity (Wildman–Crippen MR) is 75.2 cm³/mol. The SMILES string of the molecule is CCn1nc(C)c(C2C(=O)c3ccccc3C2=O)c1C. The van der Waals surface area contributed by atoms with E-state index in [2.05, 4.69) is 5.10 Å². The molecule has 0 aliphatic heterocycles. The molecule has 1 aromatic heterocycles. The van der Waals surface area contributed by atoms with E-state index in [4.69, 9.17) is 0 Å². The predicted octanol–water partition coefficient (Wildman–Crippen LogP) is 2.68. The molecule has 20 heavy (non-hydrogen) atoms. The highest BCUT2D eigenvalue weighted by molar-refractivity contribution is 6.29. The maximum absolute atomic E-state index is 12.6. The summed E-state index contributed by atoms with van der Waals surface area (Å²) in [6.07, 6.45) is 0. The minimum absolute atomic E-state index is 0.104. The molecule has 1 aromatic carbocycles. The Bertz CT molecular complexity index is 693. The number of hydrogen-bond donors (Lipinski definition) is 0. The summed E-state index contributed by atoms with van der Waals surface area (Å²) in [4.78, 5) is 25.1. The Balaban J connectivity index is 2.17. The number of nitrogens with zero attached hydrogens (tertiary/aromatic N) is 2. The fourth-order valence-corrected chi connectivity index (χ4v) is 3.04. The van der Waals surface area contributed by atoms with Crippen molar-refractivity contribution < 1.29 is 9.59 Å². The molecule has 2 aromatic rings. The molecule has 3 rings (SSSR count). The Morgan fingerprint density at radius 3 is 2.10 bits per heavy atom. The van der Waals surface area contributed by atoms with Gasteiger partial charge in [0.2, 0.25) is 0 Å². The molecule has 0 N–H and O–H groups in total. The van der Waals surface area contributed by atoms with Crippen molar-refractivity contribution in [1.29, 1.82) is 0 Å². The van der Waals surface area contributed by atoms with Gasteiger partial charge in [-0.2, -0.15) is 5.10 Å². The Hall–Kier alpha value is -2.23. The number of carbonyl (C=O) groups excluding carboxylic acids is 2. The van der Waals surface area contributed by atoms with Gasteiger partial charge in [0, 0.05) is 28.9 Å². The lowest BCUT2D eigenvalue weighted by Gasteiger charge is -2.08. The topological polar surface area (TPSA) is 52.0 Å². The molecule has 1 heterocycles. The van der Waals surface area contributed by atoms with Crippen LogP contribution in [0.2, 0.25) is 0 Å². The van der Waals surface area contributed by atoms with E-state index in [1.165, 1.54) is 0 Å². The van der Waals surface area contributed by atoms with Gasteiger partial charge in [0.15, 0.2) is 11.6 Å². The standard InChI is InChI=1S/C16H16N2O2/c1-4-18-10(3)13(9(2)17-18)14-15(19)11-7-5-6-8-12(11)16(14)20/h5-8,14H,4H2,1-3H3. The second-order valence-electron chi connectivity index (χ2n) is 5.11. The number of carbonyl (C=O) groups is 2. The first-order chi connectivity index (χ1) is 9.56. The van der Waals surface area contributed by atoms with E-state index < -0.39 is 5.92 Å². The monoisotopic (exact) mass is 268 g/mol. The Kier molecular flexibility index (Phi) is 2.82. The summed E-state index contributed by atoms with van der Waals surface area (Å²) >= 11 is 0. The number of Topliss-reactive ketones (excluding diaryl/α,β-unsaturated/α-hetero) is 2. The number of aryl methyl sites for hydroxylation is 2. The lowest BCUT2D eigenvalue weighted by Crippen LogP contribution is -2.15. The first-order valence-corrected chi connectivity index (χ1v) is 6.77. The van der Waals surface area contributed by atoms with E-state index >= 15 is 0 Å². The molecule has 0 fully saturated rings. The van der Waals surface area contributed by atoms with Gasteiger partial charge >= 0.3 is 0 Å². The Labute approximate surface area is 117 Å². The van der Waals surface area contributed by atoms with Crippen molar-refractivity contribution in [2.24, 2.45) is 0 Å². The van der Waals surface area contributed by atoms with E-state index in [0.717, 1.165) is 23.5 Å². The van der Waals surface area contributed by atoms with E-state index in [9.17, 15) is 9.59 Å². The summed E-state index contributed by atoms with van der Waals surface area (Å²) in [5.41, 5.74) is 3.52. The van der Waals surface area contributed by atoms with Crippen LogP contribution in [0.3, 0.4) is 0 Å². The molecule has 0 saturated carbocycles. The zero-order chi connectivity index (χ0) is 14.4. The zero-order valence-corrected chi connectivity index (χ0v) is 11.8. The fourth-order valence-electron chi connectivity index (χ4n) is 3.04. The number of rotatable bonds is 2. The van der Waals surface area contributed by atoms with Gasteiger partial charge in [-0.15, -0.1) is 0 Å². The van der Waals surface area contributed by atoms with E-state index in [1.54, 1.807) is 24.3 Å². The second-order valence-corrected chi connectivity index (χ2v) is 5.11. The molecule has 0 unspecified atom stereocenters. The van der Waals surface area contributed by atoms with Gasteiger partial charge in [-0.3, -0.25) is 14.3 Å². The van der Waals surface area contributed by atoms with Gasteiger partial charge in [0.05, 0.1) is 5.69 Å². The summed E-state index contributed by atoms with van der Waals surface area (Å²) in [5, 5.41) is 4.42. The maximum Gasteiger partial charge on any atom is 0.178 e. The lowest BCUT2D eigenvalue weighted by atomic mass is 9.92. The van der Waals surface area contributed by atoms with Crippen molar-refractivity contribution in [3.05, 3.63) is 52.3 Å². The summed E-state index contributed by atoms with van der Waals surface area (Å²) in [6, 6.07) is 7.04. The van der Waals surface area contributed by atoms with Crippen molar-refractivity contribution >= 4 is 11.6 Å². The van der Waals surface area contributed by atoms with Crippen LogP contribution in [-0.4, -0.2) is 21.3 Å². The molecule has 4 heteroatoms. The average molecular weight is 268 g/mol. The minimum Gasteiger partial charge on any atom is -0.293 e. The van der Waals surface area contributed by atoms with Crippen LogP contribution in [0.1, 0.15) is 50.5 Å². The lowest BCUT2D eigenvalue weighted by molar-refractivity contribution is 0.0889. The summed E-state index contributed by atoms with van der Waals surface area (Å²) in [6.45, 7) is 6.51. The quantitative estimate of drug-likeness (QED) is 0.787. The van der Waals surface area contributed by atoms with Gasteiger partial charge < -0.3 is 0 Å². The molecule has 0 spiro atoms. The normalized spacial score (nSPS) is 14.9. The van der Waals surface area contributed by atoms with Gasteiger partial charge in [0.1, 0.15) is 5.92 Å². The third-order valence-corrected chi connectivity index (χ3v) is 4.01. The van der Waals surface area contributed by atoms with Crippen molar-refractivity contribution in [1.82, 2.24) is 9.78 Å². The van der Waals surface area contributed by atoms with Crippen molar-refractivity contribution in [3.63, 3.8) is 0 Å². The molecular formula is C16H16N2O2. The number of aromatic nitrogens is 2. The molecular weight excluding hydrogens is 252 g/mol. The minimum atomic E-state index is -0.715. The second kappa shape index (κ2) is 4.40. The van der Waals surface area contributed by atoms with Crippen molar-refractivity contribution in [3.8, 4) is 0 Å². The van der Waals surface area contributed by atoms with Gasteiger partial charge in [0.25, 0.3) is 0 Å². The summed E-state index contributed by atoms with van der Waals surface area (Å²) in [5.74, 6) is -0.924. The van der Waals surface area contributed by atoms with E-state index in [1.807, 2.05) is 25.5 Å². The molecule has 0 atom stereocenters. The van der Waals surface area contributed by atoms with Crippen LogP contribution in [0.25, 0.3) is 0 Å². The largest absolute Gasteiger partial charge is 0.293 e. The molecule has 0 amide bonds. The Morgan fingerprint density at radius 1 is 1.10 bits per heavy atom. The fraction of sp³-hybridized carbons (Fsp3) is 0.312. The number of ketones is 2. The van der Waals surface area contributed by atoms with Crippen LogP contribution < -0.4 is 0 Å². The molecule has 0 bridgehead atoms. The van der Waals surface area contributed by atoms with E-state index in [0.29, 0.717) is 11.1 Å². The van der Waals surface area contributed by atoms with Gasteiger partial charge in [-0.1, -0.05) is 24.3 Å². The van der Waals surface area contributed by atoms with Gasteiger partial charge in [-0.25, -0.2) is 0 Å². The smallest absolute Gasteiger partial charge is 0.178 e. The molecule has 1 aliphatic carbocycles. The molecule has 4 nitrogen and oxygen atoms in total. The summed E-state index contributed by atoms with van der Waals surface area (Å²) in [7, 11) is 0. The third kappa shape index (κ3) is 1.57. The molecule has 1 aliphatic rings. The van der Waals surface area contributed by atoms with Crippen LogP contribution in [0.15, 0.2) is 24.3 Å². The molecule has 102 valence electrons. The molecule has 0 saturated heterocycles. The maximum atomic E-state index is 12.6. The number of fused-ring (bicyclic) bond motifs is 1. The number of hydrogen-bond acceptors (Lipinski definition) is 3. The summed E-state index contributed by atoms with van der Waals surface area (Å²) < 4.78 is 1.84. The highest BCUT2D eigenvalue weighted by Crippen LogP contribution is 2.36. The van der Waals surface area contributed by atoms with Crippen LogP contribution in [0, 0.1) is 13.8 Å². The highest BCUT2D eigenvalue weighted by Gasteiger charge is 2.41. The highest BCUT2D eigenvalue weighted by atomic mass is 16.2. The third-order valence-electron chi connectivity index (χ3n) is 4.01. The first kappa shape index (κ1) is 12.8. The Morgan fingerprint density at radius 2 is 1.65 bits per heavy atom. The van der Waals surface area contributed by atoms with Gasteiger partial charge in [-0.05, 0) is 20.8 Å². The van der Waals surface area contributed by atoms with Crippen molar-refractivity contribution in [2.45, 2.75) is 33.2 Å². The van der Waals surface area contributed by atoms with Crippen LogP contribution in [0.4, 0.5) is 0 Å². The average Bonchev–Trinajstić information content (AvgIpc) is 2.87. The van der Waals surface area contributed by atoms with Crippen LogP contribution in [-0.2, 0) is 6.54 Å².